The van der Waals surface area contributed by atoms with E-state index in [1.54, 1.807) is 34.8 Å². The second-order valence-electron chi connectivity index (χ2n) is 30.1. The third-order valence-electron chi connectivity index (χ3n) is 21.6. The second-order valence-corrected chi connectivity index (χ2v) is 30.1. The van der Waals surface area contributed by atoms with E-state index in [1.165, 1.54) is 67.0 Å². The molecule has 614 valence electrons. The number of nitrogens with two attached hydrogens (primary N) is 4. The third-order valence-corrected chi connectivity index (χ3v) is 21.6. The van der Waals surface area contributed by atoms with Gasteiger partial charge >= 0.3 is 87.7 Å². The van der Waals surface area contributed by atoms with Crippen LogP contribution in [0.4, 0.5) is 45.5 Å². The van der Waals surface area contributed by atoms with Crippen molar-refractivity contribution in [2.75, 3.05) is 57.1 Å². The number of fused-ring (bicyclic) bond motifs is 18. The molecule has 0 amide bonds. The van der Waals surface area contributed by atoms with Crippen molar-refractivity contribution in [1.82, 2.24) is 0 Å². The molecule has 18 rings (SSSR count). The van der Waals surface area contributed by atoms with Crippen molar-refractivity contribution in [2.24, 2.45) is 0 Å². The van der Waals surface area contributed by atoms with Crippen LogP contribution < -0.4 is 95.3 Å². The number of anilines is 8. The minimum atomic E-state index is -0.661. The van der Waals surface area contributed by atoms with Crippen LogP contribution in [0.15, 0.2) is 218 Å². The largest absolute Gasteiger partial charge is 1.00 e. The van der Waals surface area contributed by atoms with Gasteiger partial charge < -0.3 is 104 Å². The molecule has 22 N–H and O–H groups in total. The first kappa shape index (κ1) is 92.5. The van der Waals surface area contributed by atoms with Gasteiger partial charge in [-0.3, -0.25) is 21.6 Å². The zero-order valence-corrected chi connectivity index (χ0v) is 71.7. The topological polar surface area (TPSA) is 440 Å². The summed E-state index contributed by atoms with van der Waals surface area (Å²) in [6.07, 6.45) is 7.17. The molecule has 0 bridgehead atoms. The van der Waals surface area contributed by atoms with Crippen molar-refractivity contribution in [1.29, 1.82) is 21.6 Å². The molecule has 3 unspecified atom stereocenters. The smallest absolute Gasteiger partial charge is 1.00 e. The van der Waals surface area contributed by atoms with E-state index >= 15 is 0 Å². The maximum atomic E-state index is 11.6. The zero-order valence-electron chi connectivity index (χ0n) is 69.9. The first-order valence-corrected chi connectivity index (χ1v) is 39.5. The number of aliphatic hydroxyl groups excluding tert-OH is 2. The van der Waals surface area contributed by atoms with E-state index in [0.29, 0.717) is 0 Å². The van der Waals surface area contributed by atoms with Gasteiger partial charge in [0.25, 0.3) is 0 Å². The number of hydrogen-bond donors (Lipinski definition) is 18. The van der Waals surface area contributed by atoms with Crippen LogP contribution in [0.3, 0.4) is 0 Å². The molecule has 34 heteroatoms. The summed E-state index contributed by atoms with van der Waals surface area (Å²) in [5.41, 5.74) is 59.6. The van der Waals surface area contributed by atoms with Crippen molar-refractivity contribution in [3.63, 3.8) is 0 Å². The van der Waals surface area contributed by atoms with Gasteiger partial charge in [0.2, 0.25) is 0 Å². The molecule has 0 fully saturated rings. The molecule has 0 saturated carbocycles. The first-order valence-electron chi connectivity index (χ1n) is 39.5. The van der Waals surface area contributed by atoms with Crippen molar-refractivity contribution < 1.29 is 89.5 Å². The van der Waals surface area contributed by atoms with Crippen molar-refractivity contribution in [2.45, 2.75) is 63.8 Å². The number of rotatable bonds is 24. The molecule has 6 aliphatic carbocycles. The van der Waals surface area contributed by atoms with Crippen LogP contribution in [0.25, 0.3) is 66.8 Å². The third kappa shape index (κ3) is 21.2. The van der Waals surface area contributed by atoms with Gasteiger partial charge in [-0.1, -0.05) is 121 Å². The maximum absolute atomic E-state index is 11.6. The van der Waals surface area contributed by atoms with Gasteiger partial charge in [-0.25, -0.2) is 0 Å². The molecular weight excluding hydrogens is 1590 g/mol. The Balaban J connectivity index is 0.000000157. The standard InChI is InChI=1S/C16H17B2N2O3.2C16H15B2N2O3.C15H15B2N2O2.C14H14N2O.C13H12N2.ClH.Na.H/c3*1-18(22)20-11-3-5-13-12-4-2-10(17-23-9-19)6-14(12)16(8-21)15(13)7-11;1-17(20)19-13-3-5-15-11(8-13)6-10-7-12(16-21-9-18)2-4-14(10)15;15-8-1-3-10-11-4-2-9(16)6-13(11)14(7-17)12(10)5-8;14-10-1-3-12-8(6-10)5-9-7-11(15)2-4-13(9)12;;;/h2-7,9,16,19-22H,8H2,1H3;2*2-9,16,19-20,22H,1H3;2-5,7-9,18-20H,6H2,1H3;1-6,14,17H,7,15-16H2;1-4,6-7H,5,14-15H2;1H;;/q;;;;;;;+1;-1. The zero-order chi connectivity index (χ0) is 86.4. The molecule has 3 atom stereocenters. The Kier molecular flexibility index (Phi) is 31.6. The predicted octanol–water partition coefficient (Wildman–Crippen LogP) is 7.52. The Morgan fingerprint density at radius 3 is 0.887 bits per heavy atom. The Morgan fingerprint density at radius 1 is 0.339 bits per heavy atom. The van der Waals surface area contributed by atoms with Gasteiger partial charge in [-0.05, 0) is 293 Å². The van der Waals surface area contributed by atoms with E-state index in [2.05, 4.69) is 57.3 Å². The summed E-state index contributed by atoms with van der Waals surface area (Å²) >= 11 is 0. The number of aliphatic hydroxyl groups is 2. The van der Waals surface area contributed by atoms with Crippen LogP contribution in [0.5, 0.6) is 0 Å². The Hall–Kier alpha value is -12.2. The molecule has 0 spiro atoms. The number of carbonyl (C=O) groups is 2. The fourth-order valence-corrected chi connectivity index (χ4v) is 16.6. The van der Waals surface area contributed by atoms with Crippen LogP contribution >= 0.6 is 12.4 Å². The number of benzene rings is 12. The summed E-state index contributed by atoms with van der Waals surface area (Å²) < 4.78 is 19.6. The van der Waals surface area contributed by atoms with Gasteiger partial charge in [0.15, 0.2) is 0 Å². The number of hydrogen-bond acceptors (Lipinski definition) is 24. The van der Waals surface area contributed by atoms with Gasteiger partial charge in [-0.15, -0.1) is 12.4 Å². The number of halogens is 1. The van der Waals surface area contributed by atoms with Crippen molar-refractivity contribution in [3.8, 4) is 66.8 Å². The predicted molar refractivity (Wildman–Crippen MR) is 507 cm³/mol. The monoisotopic (exact) mass is 1680 g/mol. The van der Waals surface area contributed by atoms with Crippen LogP contribution in [-0.4, -0.2) is 140 Å². The average Bonchev–Trinajstić information content (AvgIpc) is 1.62. The van der Waals surface area contributed by atoms with Crippen molar-refractivity contribution in [3.05, 3.63) is 285 Å². The van der Waals surface area contributed by atoms with Crippen LogP contribution in [0, 0.1) is 21.6 Å². The first-order chi connectivity index (χ1) is 59.0. The minimum absolute atomic E-state index is 0. The van der Waals surface area contributed by atoms with E-state index in [4.69, 9.17) is 63.2 Å². The molecule has 12 aromatic rings. The molecule has 0 aromatic heterocycles. The van der Waals surface area contributed by atoms with Crippen molar-refractivity contribution >= 4 is 176 Å². The molecule has 24 nitrogen and oxygen atoms in total. The minimum Gasteiger partial charge on any atom is -1.00 e. The molecule has 6 aliphatic rings. The Morgan fingerprint density at radius 2 is 0.565 bits per heavy atom. The Bertz CT molecular complexity index is 5730. The normalized spacial score (nSPS) is 13.3. The molecule has 0 saturated heterocycles. The van der Waals surface area contributed by atoms with E-state index in [0.717, 1.165) is 207 Å². The number of carbonyl (C=O) groups excluding carboxylic acids is 2. The molecule has 124 heavy (non-hydrogen) atoms. The van der Waals surface area contributed by atoms with E-state index in [1.807, 2.05) is 182 Å². The number of nitrogens with one attached hydrogen (secondary N) is 8. The summed E-state index contributed by atoms with van der Waals surface area (Å²) in [6, 6.07) is 71.0. The van der Waals surface area contributed by atoms with Crippen LogP contribution in [0.2, 0.25) is 27.3 Å². The average molecular weight is 1680 g/mol. The molecular formula is C90H90B8ClN12NaO12. The van der Waals surface area contributed by atoms with E-state index in [9.17, 15) is 39.9 Å². The van der Waals surface area contributed by atoms with E-state index in [-0.39, 0.29) is 80.3 Å². The fraction of sp³-hybridized carbons (Fsp3) is 0.133. The number of aldehydes is 2. The molecule has 0 heterocycles. The fourth-order valence-electron chi connectivity index (χ4n) is 16.6. The summed E-state index contributed by atoms with van der Waals surface area (Å²) in [5.74, 6) is -0.802. The van der Waals surface area contributed by atoms with Gasteiger partial charge in [-0.2, -0.15) is 0 Å². The summed E-state index contributed by atoms with van der Waals surface area (Å²) in [5, 5.41) is 96.6. The summed E-state index contributed by atoms with van der Waals surface area (Å²) in [4.78, 5) is 23.3. The molecule has 0 aliphatic heterocycles. The molecule has 12 aromatic carbocycles. The number of nitrogen functional groups attached to an aromatic ring is 4. The van der Waals surface area contributed by atoms with Gasteiger partial charge in [0, 0.05) is 57.3 Å². The summed E-state index contributed by atoms with van der Waals surface area (Å²) in [7, 11) is 3.49. The van der Waals surface area contributed by atoms with Gasteiger partial charge in [0.1, 0.15) is 38.2 Å². The van der Waals surface area contributed by atoms with E-state index < -0.39 is 28.2 Å². The maximum Gasteiger partial charge on any atom is 1.00 e. The van der Waals surface area contributed by atoms with Crippen LogP contribution in [0.1, 0.15) is 91.9 Å². The quantitative estimate of drug-likeness (QED) is 0.00913. The van der Waals surface area contributed by atoms with Gasteiger partial charge in [0.05, 0.1) is 25.0 Å². The Labute approximate surface area is 754 Å². The van der Waals surface area contributed by atoms with Crippen LogP contribution in [-0.2, 0) is 41.0 Å². The molecule has 4 radical (unpaired) electrons. The SMILES string of the molecule is CB(O)Nc1ccc2c(c1)C(C=O)c1cc([B]OC=N)ccc1-2.CB(O)Nc1ccc2c(c1)C(C=O)c1cc([B]OC=N)ccc1-2.CB(O)Nc1ccc2c(c1)C(CO)c1cc([B]OC=N)ccc1-2.CB(O)Nc1ccc2c(c1)Cc1cc([B]OC=N)ccc1-2.Cl.Nc1ccc2c(c1)C(CO)c1cc(N)ccc1-2.Nc1ccc2c(c1)Cc1cc(N)ccc1-2.[H-].[Na+]. The second kappa shape index (κ2) is 42.3. The summed E-state index contributed by atoms with van der Waals surface area (Å²) in [6.45, 7) is 6.74.